The highest BCUT2D eigenvalue weighted by atomic mass is 32.2. The first-order valence-electron chi connectivity index (χ1n) is 4.62. The Morgan fingerprint density at radius 3 is 2.94 bits per heavy atom. The Labute approximate surface area is 107 Å². The van der Waals surface area contributed by atoms with Gasteiger partial charge < -0.3 is 5.32 Å². The highest BCUT2D eigenvalue weighted by molar-refractivity contribution is 8.26. The van der Waals surface area contributed by atoms with Gasteiger partial charge in [-0.25, -0.2) is 0 Å². The molecule has 0 spiro atoms. The van der Waals surface area contributed by atoms with E-state index in [4.69, 9.17) is 12.2 Å². The van der Waals surface area contributed by atoms with Crippen molar-refractivity contribution < 1.29 is 4.79 Å². The van der Waals surface area contributed by atoms with Gasteiger partial charge >= 0.3 is 0 Å². The van der Waals surface area contributed by atoms with Crippen molar-refractivity contribution >= 4 is 51.1 Å². The van der Waals surface area contributed by atoms with E-state index in [1.165, 1.54) is 16.6 Å². The molecule has 2 rings (SSSR count). The minimum atomic E-state index is -0.106. The van der Waals surface area contributed by atoms with Crippen LogP contribution in [0.25, 0.3) is 5.57 Å². The lowest BCUT2D eigenvalue weighted by molar-refractivity contribution is -0.115. The Balaban J connectivity index is 2.17. The molecule has 1 N–H and O–H groups in total. The summed E-state index contributed by atoms with van der Waals surface area (Å²) in [5, 5.41) is 4.62. The molecule has 1 aliphatic rings. The van der Waals surface area contributed by atoms with Gasteiger partial charge in [0.2, 0.25) is 0 Å². The van der Waals surface area contributed by atoms with Crippen molar-refractivity contribution in [2.24, 2.45) is 0 Å². The first kappa shape index (κ1) is 11.6. The molecule has 0 aromatic carbocycles. The molecule has 1 amide bonds. The van der Waals surface area contributed by atoms with E-state index in [1.807, 2.05) is 30.5 Å². The largest absolute Gasteiger partial charge is 0.307 e. The topological polar surface area (TPSA) is 29.1 Å². The Bertz CT molecular complexity index is 485. The monoisotopic (exact) mass is 267 g/mol. The predicted octanol–water partition coefficient (Wildman–Crippen LogP) is 3.18. The molecule has 0 atom stereocenters. The molecule has 1 saturated heterocycles. The van der Waals surface area contributed by atoms with Crippen molar-refractivity contribution in [3.63, 3.8) is 0 Å². The first-order chi connectivity index (χ1) is 7.66. The van der Waals surface area contributed by atoms with Crippen LogP contribution in [-0.4, -0.2) is 10.2 Å². The number of allylic oxidation sites excluding steroid dienone is 3. The van der Waals surface area contributed by atoms with Gasteiger partial charge in [-0.1, -0.05) is 36.1 Å². The Morgan fingerprint density at radius 1 is 1.56 bits per heavy atom. The fraction of sp³-hybridized carbons (Fsp3) is 0.0909. The number of nitrogens with one attached hydrogen (secondary N) is 1. The Kier molecular flexibility index (Phi) is 3.58. The maximum Gasteiger partial charge on any atom is 0.263 e. The number of hydrogen-bond donors (Lipinski definition) is 1. The molecule has 1 aliphatic heterocycles. The molecule has 0 saturated carbocycles. The molecule has 1 aromatic rings. The van der Waals surface area contributed by atoms with Crippen LogP contribution >= 0.6 is 35.3 Å². The summed E-state index contributed by atoms with van der Waals surface area (Å²) >= 11 is 7.89. The third-order valence-electron chi connectivity index (χ3n) is 2.04. The van der Waals surface area contributed by atoms with Crippen LogP contribution in [0.2, 0.25) is 0 Å². The van der Waals surface area contributed by atoms with Crippen molar-refractivity contribution in [3.05, 3.63) is 39.4 Å². The molecule has 0 bridgehead atoms. The van der Waals surface area contributed by atoms with Gasteiger partial charge in [-0.2, -0.15) is 0 Å². The van der Waals surface area contributed by atoms with Crippen molar-refractivity contribution in [2.45, 2.75) is 6.92 Å². The normalized spacial score (nSPS) is 19.3. The summed E-state index contributed by atoms with van der Waals surface area (Å²) in [6.45, 7) is 2.03. The molecular formula is C11H9NOS3. The van der Waals surface area contributed by atoms with Gasteiger partial charge in [0.25, 0.3) is 5.91 Å². The summed E-state index contributed by atoms with van der Waals surface area (Å²) in [4.78, 5) is 13.2. The second-order valence-electron chi connectivity index (χ2n) is 3.20. The van der Waals surface area contributed by atoms with Crippen LogP contribution in [0.1, 0.15) is 11.8 Å². The smallest absolute Gasteiger partial charge is 0.263 e. The van der Waals surface area contributed by atoms with E-state index in [2.05, 4.69) is 11.4 Å². The molecule has 0 unspecified atom stereocenters. The van der Waals surface area contributed by atoms with Gasteiger partial charge in [-0.15, -0.1) is 11.3 Å². The third kappa shape index (κ3) is 2.61. The third-order valence-corrected chi connectivity index (χ3v) is 4.22. The van der Waals surface area contributed by atoms with E-state index in [1.54, 1.807) is 11.3 Å². The summed E-state index contributed by atoms with van der Waals surface area (Å²) in [7, 11) is 0. The molecule has 82 valence electrons. The standard InChI is InChI=1S/C11H9NOS3/c1-7(8-3-2-6-15-8)4-5-9-10(13)12-11(14)16-9/h2-6H,1H3,(H,12,13,14). The van der Waals surface area contributed by atoms with Crippen LogP contribution in [0.3, 0.4) is 0 Å². The fourth-order valence-corrected chi connectivity index (χ4v) is 2.92. The molecule has 1 aromatic heterocycles. The lowest BCUT2D eigenvalue weighted by Gasteiger charge is -1.93. The predicted molar refractivity (Wildman–Crippen MR) is 74.4 cm³/mol. The SMILES string of the molecule is CC(=CC=C1SC(=S)NC1=O)c1cccs1. The van der Waals surface area contributed by atoms with Crippen LogP contribution in [0.15, 0.2) is 34.6 Å². The molecule has 2 nitrogen and oxygen atoms in total. The van der Waals surface area contributed by atoms with E-state index < -0.39 is 0 Å². The van der Waals surface area contributed by atoms with E-state index in [-0.39, 0.29) is 5.91 Å². The number of thiocarbonyl (C=S) groups is 1. The molecule has 5 heteroatoms. The highest BCUT2D eigenvalue weighted by Gasteiger charge is 2.21. The zero-order valence-electron chi connectivity index (χ0n) is 8.52. The lowest BCUT2D eigenvalue weighted by atomic mass is 10.2. The average Bonchev–Trinajstić information content (AvgIpc) is 2.84. The van der Waals surface area contributed by atoms with Gasteiger partial charge in [0, 0.05) is 4.88 Å². The maximum absolute atomic E-state index is 11.4. The summed E-state index contributed by atoms with van der Waals surface area (Å²) in [5.74, 6) is -0.106. The number of rotatable bonds is 2. The Hall–Kier alpha value is -0.910. The van der Waals surface area contributed by atoms with Crippen molar-refractivity contribution in [2.75, 3.05) is 0 Å². The van der Waals surface area contributed by atoms with E-state index in [9.17, 15) is 4.79 Å². The van der Waals surface area contributed by atoms with Gasteiger partial charge in [-0.3, -0.25) is 4.79 Å². The van der Waals surface area contributed by atoms with Gasteiger partial charge in [0.1, 0.15) is 4.32 Å². The molecule has 0 aliphatic carbocycles. The van der Waals surface area contributed by atoms with E-state index >= 15 is 0 Å². The van der Waals surface area contributed by atoms with Crippen molar-refractivity contribution in [3.8, 4) is 0 Å². The molecular weight excluding hydrogens is 258 g/mol. The number of carbonyl (C=O) groups excluding carboxylic acids is 1. The minimum absolute atomic E-state index is 0.106. The van der Waals surface area contributed by atoms with Gasteiger partial charge in [0.15, 0.2) is 0 Å². The van der Waals surface area contributed by atoms with Crippen LogP contribution in [0.4, 0.5) is 0 Å². The zero-order chi connectivity index (χ0) is 11.5. The van der Waals surface area contributed by atoms with Crippen LogP contribution in [0.5, 0.6) is 0 Å². The summed E-state index contributed by atoms with van der Waals surface area (Å²) in [5.41, 5.74) is 1.15. The summed E-state index contributed by atoms with van der Waals surface area (Å²) in [6, 6.07) is 4.07. The number of thiophene rings is 1. The lowest BCUT2D eigenvalue weighted by Crippen LogP contribution is -2.17. The number of thioether (sulfide) groups is 1. The first-order valence-corrected chi connectivity index (χ1v) is 6.73. The minimum Gasteiger partial charge on any atom is -0.307 e. The van der Waals surface area contributed by atoms with Crippen molar-refractivity contribution in [1.29, 1.82) is 0 Å². The quantitative estimate of drug-likeness (QED) is 0.659. The Morgan fingerprint density at radius 2 is 2.38 bits per heavy atom. The molecule has 2 heterocycles. The van der Waals surface area contributed by atoms with Crippen LogP contribution in [0, 0.1) is 0 Å². The van der Waals surface area contributed by atoms with Gasteiger partial charge in [-0.05, 0) is 30.0 Å². The maximum atomic E-state index is 11.4. The summed E-state index contributed by atoms with van der Waals surface area (Å²) in [6.07, 6.45) is 3.76. The second-order valence-corrected chi connectivity index (χ2v) is 5.87. The van der Waals surface area contributed by atoms with E-state index in [0.717, 1.165) is 5.57 Å². The molecule has 16 heavy (non-hydrogen) atoms. The number of carbonyl (C=O) groups is 1. The van der Waals surface area contributed by atoms with Gasteiger partial charge in [0.05, 0.1) is 4.91 Å². The number of hydrogen-bond acceptors (Lipinski definition) is 4. The van der Waals surface area contributed by atoms with Crippen molar-refractivity contribution in [1.82, 2.24) is 5.32 Å². The molecule has 1 fully saturated rings. The number of amides is 1. The highest BCUT2D eigenvalue weighted by Crippen LogP contribution is 2.25. The zero-order valence-corrected chi connectivity index (χ0v) is 11.0. The second kappa shape index (κ2) is 4.95. The average molecular weight is 267 g/mol. The molecule has 0 radical (unpaired) electrons. The fourth-order valence-electron chi connectivity index (χ4n) is 1.22. The van der Waals surface area contributed by atoms with Crippen LogP contribution in [-0.2, 0) is 4.79 Å². The van der Waals surface area contributed by atoms with Crippen LogP contribution < -0.4 is 5.32 Å². The van der Waals surface area contributed by atoms with E-state index in [0.29, 0.717) is 9.23 Å². The summed E-state index contributed by atoms with van der Waals surface area (Å²) < 4.78 is 0.526.